The first kappa shape index (κ1) is 15.4. The Kier molecular flexibility index (Phi) is 3.93. The van der Waals surface area contributed by atoms with E-state index < -0.39 is 0 Å². The number of furan rings is 1. The Balaban J connectivity index is 1.47. The van der Waals surface area contributed by atoms with Gasteiger partial charge in [0.1, 0.15) is 5.76 Å². The third kappa shape index (κ3) is 3.10. The molecule has 4 rings (SSSR count). The van der Waals surface area contributed by atoms with Gasteiger partial charge < -0.3 is 14.6 Å². The van der Waals surface area contributed by atoms with E-state index in [1.807, 2.05) is 30.3 Å². The number of anilines is 1. The minimum absolute atomic E-state index is 0.0290. The summed E-state index contributed by atoms with van der Waals surface area (Å²) in [6, 6.07) is 11.2. The quantitative estimate of drug-likeness (QED) is 0.795. The second-order valence-electron chi connectivity index (χ2n) is 6.15. The van der Waals surface area contributed by atoms with Crippen LogP contribution in [-0.2, 0) is 16.1 Å². The fraction of sp³-hybridized carbons (Fsp3) is 0.211. The van der Waals surface area contributed by atoms with E-state index in [0.717, 1.165) is 22.2 Å². The number of hydrogen-bond acceptors (Lipinski definition) is 4. The Morgan fingerprint density at radius 1 is 1.28 bits per heavy atom. The number of likely N-dealkylation sites (tertiary alicyclic amines) is 1. The van der Waals surface area contributed by atoms with Crippen LogP contribution in [0.5, 0.6) is 0 Å². The van der Waals surface area contributed by atoms with Gasteiger partial charge in [0.15, 0.2) is 0 Å². The number of fused-ring (bicyclic) bond motifs is 1. The van der Waals surface area contributed by atoms with Crippen LogP contribution in [0, 0.1) is 5.92 Å². The molecule has 1 atom stereocenters. The monoisotopic (exact) mass is 335 g/mol. The SMILES string of the molecule is O=C(Nc1cccc2cnccc12)C1CC(=O)N(Cc2ccco2)C1. The number of nitrogens with zero attached hydrogens (tertiary/aromatic N) is 2. The average Bonchev–Trinajstić information content (AvgIpc) is 3.26. The number of amides is 2. The zero-order valence-corrected chi connectivity index (χ0v) is 13.5. The van der Waals surface area contributed by atoms with Gasteiger partial charge in [0, 0.05) is 41.8 Å². The number of benzene rings is 1. The lowest BCUT2D eigenvalue weighted by Crippen LogP contribution is -2.27. The van der Waals surface area contributed by atoms with Gasteiger partial charge in [-0.3, -0.25) is 14.6 Å². The molecule has 1 fully saturated rings. The largest absolute Gasteiger partial charge is 0.467 e. The summed E-state index contributed by atoms with van der Waals surface area (Å²) in [5, 5.41) is 4.85. The van der Waals surface area contributed by atoms with Crippen molar-refractivity contribution < 1.29 is 14.0 Å². The maximum absolute atomic E-state index is 12.6. The van der Waals surface area contributed by atoms with Crippen molar-refractivity contribution in [2.45, 2.75) is 13.0 Å². The fourth-order valence-electron chi connectivity index (χ4n) is 3.16. The summed E-state index contributed by atoms with van der Waals surface area (Å²) < 4.78 is 5.28. The van der Waals surface area contributed by atoms with Gasteiger partial charge >= 0.3 is 0 Å². The predicted molar refractivity (Wildman–Crippen MR) is 92.6 cm³/mol. The molecular formula is C19H17N3O3. The molecule has 1 saturated heterocycles. The highest BCUT2D eigenvalue weighted by Crippen LogP contribution is 2.25. The number of carbonyl (C=O) groups excluding carboxylic acids is 2. The number of carbonyl (C=O) groups is 2. The third-order valence-electron chi connectivity index (χ3n) is 4.45. The van der Waals surface area contributed by atoms with Crippen molar-refractivity contribution in [1.82, 2.24) is 9.88 Å². The second kappa shape index (κ2) is 6.39. The fourth-order valence-corrected chi connectivity index (χ4v) is 3.16. The number of aromatic nitrogens is 1. The minimum atomic E-state index is -0.362. The Labute approximate surface area is 144 Å². The molecule has 1 N–H and O–H groups in total. The number of rotatable bonds is 4. The van der Waals surface area contributed by atoms with Gasteiger partial charge in [0.05, 0.1) is 18.7 Å². The van der Waals surface area contributed by atoms with E-state index in [9.17, 15) is 9.59 Å². The molecule has 3 aromatic rings. The van der Waals surface area contributed by atoms with Crippen LogP contribution in [0.2, 0.25) is 0 Å². The van der Waals surface area contributed by atoms with Crippen LogP contribution in [0.25, 0.3) is 10.8 Å². The van der Waals surface area contributed by atoms with Crippen molar-refractivity contribution in [3.05, 3.63) is 60.8 Å². The van der Waals surface area contributed by atoms with E-state index in [-0.39, 0.29) is 24.2 Å². The van der Waals surface area contributed by atoms with Gasteiger partial charge in [-0.25, -0.2) is 0 Å². The van der Waals surface area contributed by atoms with Crippen LogP contribution < -0.4 is 5.32 Å². The molecule has 1 aliphatic rings. The summed E-state index contributed by atoms with van der Waals surface area (Å²) in [4.78, 5) is 30.6. The highest BCUT2D eigenvalue weighted by molar-refractivity contribution is 6.04. The van der Waals surface area contributed by atoms with Crippen molar-refractivity contribution in [3.63, 3.8) is 0 Å². The lowest BCUT2D eigenvalue weighted by Gasteiger charge is -2.15. The molecule has 0 saturated carbocycles. The van der Waals surface area contributed by atoms with E-state index in [2.05, 4.69) is 10.3 Å². The molecule has 0 radical (unpaired) electrons. The molecule has 2 amide bonds. The van der Waals surface area contributed by atoms with Crippen molar-refractivity contribution in [1.29, 1.82) is 0 Å². The predicted octanol–water partition coefficient (Wildman–Crippen LogP) is 2.82. The molecule has 1 unspecified atom stereocenters. The first-order chi connectivity index (χ1) is 12.2. The van der Waals surface area contributed by atoms with Gasteiger partial charge in [-0.2, -0.15) is 0 Å². The topological polar surface area (TPSA) is 75.4 Å². The van der Waals surface area contributed by atoms with Crippen LogP contribution >= 0.6 is 0 Å². The molecule has 0 spiro atoms. The summed E-state index contributed by atoms with van der Waals surface area (Å²) in [6.07, 6.45) is 5.26. The highest BCUT2D eigenvalue weighted by atomic mass is 16.3. The molecule has 6 heteroatoms. The van der Waals surface area contributed by atoms with Gasteiger partial charge in [-0.15, -0.1) is 0 Å². The molecular weight excluding hydrogens is 318 g/mol. The minimum Gasteiger partial charge on any atom is -0.467 e. The summed E-state index contributed by atoms with van der Waals surface area (Å²) in [7, 11) is 0. The molecule has 1 aromatic carbocycles. The Morgan fingerprint density at radius 3 is 3.04 bits per heavy atom. The first-order valence-electron chi connectivity index (χ1n) is 8.14. The molecule has 2 aromatic heterocycles. The Bertz CT molecular complexity index is 915. The normalized spacial score (nSPS) is 17.2. The molecule has 0 aliphatic carbocycles. The van der Waals surface area contributed by atoms with E-state index >= 15 is 0 Å². The van der Waals surface area contributed by atoms with Gasteiger partial charge in [0.2, 0.25) is 11.8 Å². The van der Waals surface area contributed by atoms with E-state index in [4.69, 9.17) is 4.42 Å². The maximum Gasteiger partial charge on any atom is 0.229 e. The Morgan fingerprint density at radius 2 is 2.20 bits per heavy atom. The molecule has 6 nitrogen and oxygen atoms in total. The molecule has 126 valence electrons. The molecule has 1 aliphatic heterocycles. The van der Waals surface area contributed by atoms with Gasteiger partial charge in [-0.05, 0) is 24.3 Å². The number of pyridine rings is 1. The summed E-state index contributed by atoms with van der Waals surface area (Å²) in [5.41, 5.74) is 0.738. The lowest BCUT2D eigenvalue weighted by molar-refractivity contribution is -0.128. The summed E-state index contributed by atoms with van der Waals surface area (Å²) in [5.74, 6) is 0.189. The van der Waals surface area contributed by atoms with Crippen LogP contribution in [0.1, 0.15) is 12.2 Å². The lowest BCUT2D eigenvalue weighted by atomic mass is 10.1. The van der Waals surface area contributed by atoms with Crippen molar-refractivity contribution in [2.24, 2.45) is 5.92 Å². The number of nitrogens with one attached hydrogen (secondary N) is 1. The average molecular weight is 335 g/mol. The van der Waals surface area contributed by atoms with Crippen molar-refractivity contribution >= 4 is 28.3 Å². The van der Waals surface area contributed by atoms with Crippen molar-refractivity contribution in [2.75, 3.05) is 11.9 Å². The van der Waals surface area contributed by atoms with E-state index in [0.29, 0.717) is 13.1 Å². The smallest absolute Gasteiger partial charge is 0.229 e. The maximum atomic E-state index is 12.6. The summed E-state index contributed by atoms with van der Waals surface area (Å²) >= 11 is 0. The van der Waals surface area contributed by atoms with E-state index in [1.165, 1.54) is 0 Å². The third-order valence-corrected chi connectivity index (χ3v) is 4.45. The standard InChI is InChI=1S/C19H17N3O3/c23-18-9-14(11-22(18)12-15-4-2-8-25-15)19(24)21-17-5-1-3-13-10-20-7-6-16(13)17/h1-8,10,14H,9,11-12H2,(H,21,24). The van der Waals surface area contributed by atoms with Crippen LogP contribution in [0.15, 0.2) is 59.5 Å². The Hall–Kier alpha value is -3.15. The number of hydrogen-bond donors (Lipinski definition) is 1. The van der Waals surface area contributed by atoms with Crippen LogP contribution in [-0.4, -0.2) is 28.2 Å². The zero-order valence-electron chi connectivity index (χ0n) is 13.5. The van der Waals surface area contributed by atoms with Crippen LogP contribution in [0.3, 0.4) is 0 Å². The zero-order chi connectivity index (χ0) is 17.2. The van der Waals surface area contributed by atoms with Gasteiger partial charge in [-0.1, -0.05) is 12.1 Å². The van der Waals surface area contributed by atoms with E-state index in [1.54, 1.807) is 29.6 Å². The van der Waals surface area contributed by atoms with Crippen molar-refractivity contribution in [3.8, 4) is 0 Å². The van der Waals surface area contributed by atoms with Crippen LogP contribution in [0.4, 0.5) is 5.69 Å². The summed E-state index contributed by atoms with van der Waals surface area (Å²) in [6.45, 7) is 0.799. The second-order valence-corrected chi connectivity index (χ2v) is 6.15. The molecule has 0 bridgehead atoms. The van der Waals surface area contributed by atoms with Gasteiger partial charge in [0.25, 0.3) is 0 Å². The molecule has 3 heterocycles. The molecule has 25 heavy (non-hydrogen) atoms. The highest BCUT2D eigenvalue weighted by Gasteiger charge is 2.34. The first-order valence-corrected chi connectivity index (χ1v) is 8.14.